The van der Waals surface area contributed by atoms with Crippen LogP contribution < -0.4 is 5.32 Å². The fraction of sp³-hybridized carbons (Fsp3) is 0.611. The van der Waals surface area contributed by atoms with Gasteiger partial charge in [-0.2, -0.15) is 0 Å². The molecule has 4 heteroatoms. The summed E-state index contributed by atoms with van der Waals surface area (Å²) in [5.74, 6) is 2.41. The number of nitrogens with one attached hydrogen (secondary N) is 1. The number of aliphatic imine (C=N–C) groups is 1. The van der Waals surface area contributed by atoms with Gasteiger partial charge in [0.1, 0.15) is 0 Å². The van der Waals surface area contributed by atoms with Crippen LogP contribution in [0.5, 0.6) is 0 Å². The summed E-state index contributed by atoms with van der Waals surface area (Å²) in [6.45, 7) is 3.54. The maximum absolute atomic E-state index is 5.70. The van der Waals surface area contributed by atoms with Crippen LogP contribution in [-0.2, 0) is 11.2 Å². The second kappa shape index (κ2) is 7.14. The lowest BCUT2D eigenvalue weighted by molar-refractivity contribution is 0.115. The Hall–Kier alpha value is -1.55. The minimum Gasteiger partial charge on any atom is -0.379 e. The number of likely N-dealkylation sites (N-methyl/N-ethyl adjacent to an activating group) is 1. The number of nitrogens with zero attached hydrogens (tertiary/aromatic N) is 2. The van der Waals surface area contributed by atoms with E-state index in [0.29, 0.717) is 5.92 Å². The Morgan fingerprint density at radius 1 is 1.36 bits per heavy atom. The molecule has 0 aliphatic heterocycles. The molecule has 0 aromatic heterocycles. The fourth-order valence-electron chi connectivity index (χ4n) is 2.99. The van der Waals surface area contributed by atoms with Crippen molar-refractivity contribution in [1.82, 2.24) is 10.2 Å². The molecule has 3 rings (SSSR count). The van der Waals surface area contributed by atoms with Crippen LogP contribution in [0.3, 0.4) is 0 Å². The Morgan fingerprint density at radius 3 is 2.91 bits per heavy atom. The highest BCUT2D eigenvalue weighted by Gasteiger charge is 2.25. The molecule has 0 spiro atoms. The average Bonchev–Trinajstić information content (AvgIpc) is 3.32. The molecule has 0 heterocycles. The van der Waals surface area contributed by atoms with Crippen molar-refractivity contribution in [2.75, 3.05) is 40.4 Å². The van der Waals surface area contributed by atoms with Gasteiger partial charge in [0.2, 0.25) is 0 Å². The van der Waals surface area contributed by atoms with Crippen LogP contribution in [0.2, 0.25) is 0 Å². The minimum absolute atomic E-state index is 0.618. The van der Waals surface area contributed by atoms with Crippen molar-refractivity contribution in [3.63, 3.8) is 0 Å². The summed E-state index contributed by atoms with van der Waals surface area (Å²) in [7, 11) is 3.92. The van der Waals surface area contributed by atoms with Crippen molar-refractivity contribution >= 4 is 5.96 Å². The van der Waals surface area contributed by atoms with Crippen LogP contribution >= 0.6 is 0 Å². The van der Waals surface area contributed by atoms with Crippen molar-refractivity contribution in [3.05, 3.63) is 35.4 Å². The third kappa shape index (κ3) is 3.80. The van der Waals surface area contributed by atoms with Crippen LogP contribution in [0.25, 0.3) is 0 Å². The second-order valence-electron chi connectivity index (χ2n) is 6.47. The first-order valence-electron chi connectivity index (χ1n) is 8.35. The lowest BCUT2D eigenvalue weighted by Gasteiger charge is -2.32. The largest absolute Gasteiger partial charge is 0.379 e. The molecule has 120 valence electrons. The predicted octanol–water partition coefficient (Wildman–Crippen LogP) is 2.26. The molecule has 1 atom stereocenters. The molecule has 1 unspecified atom stereocenters. The monoisotopic (exact) mass is 301 g/mol. The van der Waals surface area contributed by atoms with Crippen molar-refractivity contribution in [1.29, 1.82) is 0 Å². The van der Waals surface area contributed by atoms with Gasteiger partial charge in [0.05, 0.1) is 6.61 Å². The van der Waals surface area contributed by atoms with Gasteiger partial charge < -0.3 is 15.0 Å². The van der Waals surface area contributed by atoms with Gasteiger partial charge in [0.25, 0.3) is 0 Å². The Bertz CT molecular complexity index is 525. The summed E-state index contributed by atoms with van der Waals surface area (Å²) >= 11 is 0. The van der Waals surface area contributed by atoms with E-state index in [0.717, 1.165) is 38.2 Å². The van der Waals surface area contributed by atoms with E-state index >= 15 is 0 Å². The molecular formula is C18H27N3O. The van der Waals surface area contributed by atoms with Crippen molar-refractivity contribution in [2.45, 2.75) is 25.2 Å². The average molecular weight is 301 g/mol. The summed E-state index contributed by atoms with van der Waals surface area (Å²) in [4.78, 5) is 6.53. The van der Waals surface area contributed by atoms with E-state index in [-0.39, 0.29) is 0 Å². The highest BCUT2D eigenvalue weighted by molar-refractivity contribution is 5.79. The van der Waals surface area contributed by atoms with E-state index in [1.807, 2.05) is 7.05 Å². The Morgan fingerprint density at radius 2 is 2.18 bits per heavy atom. The SMILES string of the molecule is CN=C(NCC1Cc2ccccc21)N(C)CCOCC1CC1. The predicted molar refractivity (Wildman–Crippen MR) is 90.4 cm³/mol. The number of hydrogen-bond donors (Lipinski definition) is 1. The molecule has 0 radical (unpaired) electrons. The molecule has 1 N–H and O–H groups in total. The van der Waals surface area contributed by atoms with Crippen LogP contribution in [0, 0.1) is 5.92 Å². The molecule has 22 heavy (non-hydrogen) atoms. The third-order valence-electron chi connectivity index (χ3n) is 4.66. The number of guanidine groups is 1. The topological polar surface area (TPSA) is 36.9 Å². The van der Waals surface area contributed by atoms with Crippen molar-refractivity contribution in [2.24, 2.45) is 10.9 Å². The molecule has 1 fully saturated rings. The molecule has 0 amide bonds. The fourth-order valence-corrected chi connectivity index (χ4v) is 2.99. The first-order chi connectivity index (χ1) is 10.8. The zero-order valence-electron chi connectivity index (χ0n) is 13.7. The lowest BCUT2D eigenvalue weighted by atomic mass is 9.78. The summed E-state index contributed by atoms with van der Waals surface area (Å²) in [5.41, 5.74) is 2.98. The third-order valence-corrected chi connectivity index (χ3v) is 4.66. The minimum atomic E-state index is 0.618. The zero-order valence-corrected chi connectivity index (χ0v) is 13.7. The van der Waals surface area contributed by atoms with Gasteiger partial charge in [-0.3, -0.25) is 4.99 Å². The summed E-state index contributed by atoms with van der Waals surface area (Å²) in [6.07, 6.45) is 3.87. The van der Waals surface area contributed by atoms with Gasteiger partial charge >= 0.3 is 0 Å². The normalized spacial score (nSPS) is 20.3. The summed E-state index contributed by atoms with van der Waals surface area (Å²) in [5, 5.41) is 3.49. The maximum Gasteiger partial charge on any atom is 0.193 e. The van der Waals surface area contributed by atoms with Crippen LogP contribution in [0.1, 0.15) is 29.9 Å². The first kappa shape index (κ1) is 15.3. The molecule has 4 nitrogen and oxygen atoms in total. The van der Waals surface area contributed by atoms with Gasteiger partial charge in [-0.25, -0.2) is 0 Å². The summed E-state index contributed by atoms with van der Waals surface area (Å²) < 4.78 is 5.70. The number of ether oxygens (including phenoxy) is 1. The number of rotatable bonds is 7. The van der Waals surface area contributed by atoms with Crippen LogP contribution in [-0.4, -0.2) is 51.3 Å². The van der Waals surface area contributed by atoms with E-state index in [9.17, 15) is 0 Å². The number of hydrogen-bond acceptors (Lipinski definition) is 2. The van der Waals surface area contributed by atoms with E-state index in [1.165, 1.54) is 30.4 Å². The molecule has 2 aliphatic carbocycles. The van der Waals surface area contributed by atoms with E-state index in [1.54, 1.807) is 0 Å². The Balaban J connectivity index is 1.38. The van der Waals surface area contributed by atoms with Gasteiger partial charge in [0, 0.05) is 39.7 Å². The first-order valence-corrected chi connectivity index (χ1v) is 8.35. The van der Waals surface area contributed by atoms with E-state index < -0.39 is 0 Å². The number of benzene rings is 1. The van der Waals surface area contributed by atoms with Crippen molar-refractivity contribution in [3.8, 4) is 0 Å². The standard InChI is InChI=1S/C18H27N3O/c1-19-18(21(2)9-10-22-13-14-7-8-14)20-12-16-11-15-5-3-4-6-17(15)16/h3-6,14,16H,7-13H2,1-2H3,(H,19,20). The molecular weight excluding hydrogens is 274 g/mol. The van der Waals surface area contributed by atoms with E-state index in [4.69, 9.17) is 4.74 Å². The molecule has 1 saturated carbocycles. The Labute approximate surface area is 133 Å². The molecule has 1 aromatic rings. The van der Waals surface area contributed by atoms with E-state index in [2.05, 4.69) is 46.5 Å². The van der Waals surface area contributed by atoms with Crippen LogP contribution in [0.15, 0.2) is 29.3 Å². The van der Waals surface area contributed by atoms with Gasteiger partial charge in [-0.05, 0) is 36.3 Å². The maximum atomic E-state index is 5.70. The second-order valence-corrected chi connectivity index (χ2v) is 6.47. The molecule has 0 saturated heterocycles. The van der Waals surface area contributed by atoms with Crippen molar-refractivity contribution < 1.29 is 4.74 Å². The van der Waals surface area contributed by atoms with Gasteiger partial charge in [-0.1, -0.05) is 24.3 Å². The highest BCUT2D eigenvalue weighted by atomic mass is 16.5. The van der Waals surface area contributed by atoms with Crippen LogP contribution in [0.4, 0.5) is 0 Å². The van der Waals surface area contributed by atoms with Gasteiger partial charge in [-0.15, -0.1) is 0 Å². The quantitative estimate of drug-likeness (QED) is 0.477. The Kier molecular flexibility index (Phi) is 4.98. The number of fused-ring (bicyclic) bond motifs is 1. The lowest BCUT2D eigenvalue weighted by Crippen LogP contribution is -2.43. The smallest absolute Gasteiger partial charge is 0.193 e. The molecule has 2 aliphatic rings. The molecule has 1 aromatic carbocycles. The van der Waals surface area contributed by atoms with Gasteiger partial charge in [0.15, 0.2) is 5.96 Å². The molecule has 0 bridgehead atoms. The zero-order chi connectivity index (χ0) is 15.4. The summed E-state index contributed by atoms with van der Waals surface area (Å²) in [6, 6.07) is 8.72. The highest BCUT2D eigenvalue weighted by Crippen LogP contribution is 2.34.